The summed E-state index contributed by atoms with van der Waals surface area (Å²) in [5.74, 6) is -0.249. The van der Waals surface area contributed by atoms with E-state index in [2.05, 4.69) is 15.2 Å². The van der Waals surface area contributed by atoms with Crippen LogP contribution in [0.5, 0.6) is 0 Å². The molecule has 1 amide bonds. The first-order valence-corrected chi connectivity index (χ1v) is 10.5. The Balaban J connectivity index is 1.57. The van der Waals surface area contributed by atoms with Crippen LogP contribution in [0.25, 0.3) is 0 Å². The van der Waals surface area contributed by atoms with Crippen molar-refractivity contribution in [2.75, 3.05) is 33.2 Å². The molecule has 144 valence electrons. The lowest BCUT2D eigenvalue weighted by Crippen LogP contribution is -2.47. The summed E-state index contributed by atoms with van der Waals surface area (Å²) in [4.78, 5) is 18.4. The number of hydrogen-bond donors (Lipinski definition) is 1. The second kappa shape index (κ2) is 8.60. The van der Waals surface area contributed by atoms with E-state index >= 15 is 0 Å². The number of carbonyl (C=O) groups excluding carboxylic acids is 1. The molecule has 0 bridgehead atoms. The van der Waals surface area contributed by atoms with E-state index in [1.807, 2.05) is 19.2 Å². The molecule has 0 unspecified atom stereocenters. The van der Waals surface area contributed by atoms with Crippen LogP contribution in [0.1, 0.15) is 21.5 Å². The zero-order valence-corrected chi connectivity index (χ0v) is 16.2. The fourth-order valence-corrected chi connectivity index (χ4v) is 4.42. The van der Waals surface area contributed by atoms with E-state index in [9.17, 15) is 13.2 Å². The van der Waals surface area contributed by atoms with Gasteiger partial charge in [-0.2, -0.15) is 4.31 Å². The number of carbonyl (C=O) groups is 1. The molecule has 8 heteroatoms. The molecule has 0 saturated carbocycles. The third-order valence-corrected chi connectivity index (χ3v) is 6.45. The zero-order valence-electron chi connectivity index (χ0n) is 15.3. The number of hydrogen-bond acceptors (Lipinski definition) is 5. The Labute approximate surface area is 160 Å². The molecule has 1 saturated heterocycles. The number of piperazine rings is 1. The Hall–Kier alpha value is -2.29. The van der Waals surface area contributed by atoms with Crippen LogP contribution in [-0.4, -0.2) is 61.7 Å². The van der Waals surface area contributed by atoms with Gasteiger partial charge in [0.25, 0.3) is 5.91 Å². The van der Waals surface area contributed by atoms with Crippen LogP contribution < -0.4 is 5.32 Å². The van der Waals surface area contributed by atoms with Gasteiger partial charge in [-0.1, -0.05) is 18.2 Å². The first kappa shape index (κ1) is 19.5. The van der Waals surface area contributed by atoms with Crippen molar-refractivity contribution in [1.82, 2.24) is 19.5 Å². The monoisotopic (exact) mass is 388 g/mol. The summed E-state index contributed by atoms with van der Waals surface area (Å²) in [6.07, 6.45) is 3.38. The summed E-state index contributed by atoms with van der Waals surface area (Å²) in [6, 6.07) is 10.4. The predicted molar refractivity (Wildman–Crippen MR) is 104 cm³/mol. The minimum Gasteiger partial charge on any atom is -0.348 e. The lowest BCUT2D eigenvalue weighted by Gasteiger charge is -2.31. The normalized spacial score (nSPS) is 16.2. The molecule has 1 aliphatic heterocycles. The van der Waals surface area contributed by atoms with E-state index in [1.165, 1.54) is 0 Å². The Morgan fingerprint density at radius 2 is 1.78 bits per heavy atom. The molecule has 0 radical (unpaired) electrons. The average molecular weight is 388 g/mol. The summed E-state index contributed by atoms with van der Waals surface area (Å²) in [5, 5.41) is 2.83. The zero-order chi connectivity index (χ0) is 19.3. The fourth-order valence-electron chi connectivity index (χ4n) is 2.91. The highest BCUT2D eigenvalue weighted by Crippen LogP contribution is 2.14. The molecule has 27 heavy (non-hydrogen) atoms. The lowest BCUT2D eigenvalue weighted by molar-refractivity contribution is 0.0951. The van der Waals surface area contributed by atoms with Crippen LogP contribution in [0.3, 0.4) is 0 Å². The lowest BCUT2D eigenvalue weighted by atomic mass is 10.1. The molecule has 2 heterocycles. The smallest absolute Gasteiger partial charge is 0.251 e. The van der Waals surface area contributed by atoms with Crippen LogP contribution in [0.15, 0.2) is 48.8 Å². The van der Waals surface area contributed by atoms with Gasteiger partial charge < -0.3 is 10.2 Å². The van der Waals surface area contributed by atoms with E-state index < -0.39 is 10.0 Å². The van der Waals surface area contributed by atoms with Crippen LogP contribution in [0.2, 0.25) is 0 Å². The molecule has 1 aliphatic rings. The van der Waals surface area contributed by atoms with Gasteiger partial charge in [0.1, 0.15) is 0 Å². The molecular weight excluding hydrogens is 364 g/mol. The molecule has 0 atom stereocenters. The SMILES string of the molecule is CN1CCN(S(=O)(=O)Cc2ccc(C(=O)NCc3cccnc3)cc2)CC1. The van der Waals surface area contributed by atoms with Crippen molar-refractivity contribution in [3.05, 3.63) is 65.5 Å². The van der Waals surface area contributed by atoms with E-state index in [0.29, 0.717) is 30.8 Å². The molecule has 0 spiro atoms. The van der Waals surface area contributed by atoms with Gasteiger partial charge in [-0.15, -0.1) is 0 Å². The number of nitrogens with one attached hydrogen (secondary N) is 1. The van der Waals surface area contributed by atoms with Crippen molar-refractivity contribution in [2.24, 2.45) is 0 Å². The van der Waals surface area contributed by atoms with Gasteiger partial charge in [0.15, 0.2) is 0 Å². The number of sulfonamides is 1. The molecule has 2 aromatic rings. The Morgan fingerprint density at radius 3 is 2.41 bits per heavy atom. The molecule has 7 nitrogen and oxygen atoms in total. The van der Waals surface area contributed by atoms with Gasteiger partial charge in [-0.05, 0) is 36.4 Å². The first-order chi connectivity index (χ1) is 12.9. The highest BCUT2D eigenvalue weighted by molar-refractivity contribution is 7.88. The van der Waals surface area contributed by atoms with Crippen molar-refractivity contribution < 1.29 is 13.2 Å². The third-order valence-electron chi connectivity index (χ3n) is 4.60. The van der Waals surface area contributed by atoms with Gasteiger partial charge in [-0.25, -0.2) is 8.42 Å². The van der Waals surface area contributed by atoms with Crippen molar-refractivity contribution in [2.45, 2.75) is 12.3 Å². The molecule has 1 fully saturated rings. The second-order valence-electron chi connectivity index (χ2n) is 6.70. The maximum atomic E-state index is 12.6. The highest BCUT2D eigenvalue weighted by Gasteiger charge is 2.25. The van der Waals surface area contributed by atoms with Crippen molar-refractivity contribution >= 4 is 15.9 Å². The van der Waals surface area contributed by atoms with Gasteiger partial charge in [0, 0.05) is 50.7 Å². The molecule has 0 aliphatic carbocycles. The third kappa shape index (κ3) is 5.35. The summed E-state index contributed by atoms with van der Waals surface area (Å²) < 4.78 is 26.7. The number of rotatable bonds is 6. The predicted octanol–water partition coefficient (Wildman–Crippen LogP) is 1.09. The number of amides is 1. The van der Waals surface area contributed by atoms with E-state index in [1.54, 1.807) is 41.0 Å². The van der Waals surface area contributed by atoms with Crippen LogP contribution in [0, 0.1) is 0 Å². The molecule has 1 N–H and O–H groups in total. The minimum atomic E-state index is -3.34. The number of pyridine rings is 1. The summed E-state index contributed by atoms with van der Waals surface area (Å²) >= 11 is 0. The van der Waals surface area contributed by atoms with E-state index in [0.717, 1.165) is 18.7 Å². The number of benzene rings is 1. The maximum absolute atomic E-state index is 12.6. The van der Waals surface area contributed by atoms with Crippen LogP contribution >= 0.6 is 0 Å². The van der Waals surface area contributed by atoms with Crippen LogP contribution in [0.4, 0.5) is 0 Å². The minimum absolute atomic E-state index is 0.0473. The van der Waals surface area contributed by atoms with Crippen molar-refractivity contribution in [3.63, 3.8) is 0 Å². The Morgan fingerprint density at radius 1 is 1.07 bits per heavy atom. The van der Waals surface area contributed by atoms with Crippen LogP contribution in [-0.2, 0) is 22.3 Å². The topological polar surface area (TPSA) is 82.6 Å². The largest absolute Gasteiger partial charge is 0.348 e. The van der Waals surface area contributed by atoms with Crippen molar-refractivity contribution in [1.29, 1.82) is 0 Å². The molecule has 3 rings (SSSR count). The summed E-state index contributed by atoms with van der Waals surface area (Å²) in [7, 11) is -1.35. The number of nitrogens with zero attached hydrogens (tertiary/aromatic N) is 3. The molecular formula is C19H24N4O3S. The Bertz CT molecular complexity index is 862. The van der Waals surface area contributed by atoms with Crippen molar-refractivity contribution in [3.8, 4) is 0 Å². The standard InChI is InChI=1S/C19H24N4O3S/c1-22-9-11-23(12-10-22)27(25,26)15-16-4-6-18(7-5-16)19(24)21-14-17-3-2-8-20-13-17/h2-8,13H,9-12,14-15H2,1H3,(H,21,24). The molecule has 1 aromatic heterocycles. The summed E-state index contributed by atoms with van der Waals surface area (Å²) in [5.41, 5.74) is 2.10. The second-order valence-corrected chi connectivity index (χ2v) is 8.67. The Kier molecular flexibility index (Phi) is 6.20. The highest BCUT2D eigenvalue weighted by atomic mass is 32.2. The van der Waals surface area contributed by atoms with E-state index in [-0.39, 0.29) is 11.7 Å². The number of aromatic nitrogens is 1. The first-order valence-electron chi connectivity index (χ1n) is 8.86. The fraction of sp³-hybridized carbons (Fsp3) is 0.368. The van der Waals surface area contributed by atoms with Gasteiger partial charge in [-0.3, -0.25) is 9.78 Å². The van der Waals surface area contributed by atoms with Gasteiger partial charge in [0.2, 0.25) is 10.0 Å². The molecule has 1 aromatic carbocycles. The maximum Gasteiger partial charge on any atom is 0.251 e. The van der Waals surface area contributed by atoms with Gasteiger partial charge >= 0.3 is 0 Å². The quantitative estimate of drug-likeness (QED) is 0.801. The van der Waals surface area contributed by atoms with Gasteiger partial charge in [0.05, 0.1) is 5.75 Å². The summed E-state index contributed by atoms with van der Waals surface area (Å²) in [6.45, 7) is 2.93. The van der Waals surface area contributed by atoms with E-state index in [4.69, 9.17) is 0 Å². The number of likely N-dealkylation sites (N-methyl/N-ethyl adjacent to an activating group) is 1. The average Bonchev–Trinajstić information content (AvgIpc) is 2.67.